The van der Waals surface area contributed by atoms with Crippen molar-refractivity contribution in [3.05, 3.63) is 69.7 Å². The van der Waals surface area contributed by atoms with E-state index >= 15 is 0 Å². The van der Waals surface area contributed by atoms with Gasteiger partial charge in [-0.3, -0.25) is 4.79 Å². The van der Waals surface area contributed by atoms with Gasteiger partial charge >= 0.3 is 0 Å². The molecule has 1 heterocycles. The molecule has 0 aliphatic rings. The first-order chi connectivity index (χ1) is 13.5. The number of anilines is 1. The number of hydrogen-bond donors (Lipinski definition) is 1. The molecule has 0 aliphatic carbocycles. The number of para-hydroxylation sites is 1. The summed E-state index contributed by atoms with van der Waals surface area (Å²) in [5, 5.41) is 6.86. The van der Waals surface area contributed by atoms with E-state index < -0.39 is 18.0 Å². The Bertz CT molecular complexity index is 1000. The highest BCUT2D eigenvalue weighted by Gasteiger charge is 2.24. The van der Waals surface area contributed by atoms with Gasteiger partial charge in [0.1, 0.15) is 17.7 Å². The lowest BCUT2D eigenvalue weighted by atomic mass is 10.0. The molecular formula is C20H17F2N3O2S. The third-order valence-corrected chi connectivity index (χ3v) is 4.86. The van der Waals surface area contributed by atoms with Crippen LogP contribution in [0.5, 0.6) is 0 Å². The predicted octanol–water partition coefficient (Wildman–Crippen LogP) is 5.29. The van der Waals surface area contributed by atoms with Crippen LogP contribution >= 0.6 is 11.3 Å². The van der Waals surface area contributed by atoms with E-state index in [-0.39, 0.29) is 4.88 Å². The first kappa shape index (κ1) is 19.6. The normalized spacial score (nSPS) is 11.2. The van der Waals surface area contributed by atoms with E-state index in [1.807, 2.05) is 36.4 Å². The summed E-state index contributed by atoms with van der Waals surface area (Å²) in [6.07, 6.45) is -1.22. The molecule has 28 heavy (non-hydrogen) atoms. The van der Waals surface area contributed by atoms with Gasteiger partial charge < -0.3 is 10.2 Å². The topological polar surface area (TPSA) is 63.6 Å². The first-order valence-corrected chi connectivity index (χ1v) is 9.14. The zero-order chi connectivity index (χ0) is 20.1. The number of aromatic nitrogens is 1. The van der Waals surface area contributed by atoms with Gasteiger partial charge in [-0.2, -0.15) is 0 Å². The molecule has 1 aromatic heterocycles. The molecule has 0 saturated carbocycles. The van der Waals surface area contributed by atoms with Gasteiger partial charge in [-0.1, -0.05) is 47.6 Å². The Morgan fingerprint density at radius 2 is 1.93 bits per heavy atom. The molecule has 8 heteroatoms. The Morgan fingerprint density at radius 1 is 1.21 bits per heavy atom. The highest BCUT2D eigenvalue weighted by molar-refractivity contribution is 7.13. The molecule has 1 N–H and O–H groups in total. The van der Waals surface area contributed by atoms with Crippen LogP contribution in [-0.2, 0) is 4.84 Å². The molecule has 5 nitrogen and oxygen atoms in total. The van der Waals surface area contributed by atoms with Crippen LogP contribution in [0.2, 0.25) is 0 Å². The number of hydrogen-bond acceptors (Lipinski definition) is 5. The molecule has 0 spiro atoms. The number of halogens is 2. The summed E-state index contributed by atoms with van der Waals surface area (Å²) in [5.41, 5.74) is 2.52. The minimum atomic E-state index is -2.80. The lowest BCUT2D eigenvalue weighted by molar-refractivity contribution is 0.101. The van der Waals surface area contributed by atoms with E-state index in [0.717, 1.165) is 28.0 Å². The standard InChI is InChI=1S/C20H17F2N3O2S/c1-12-24-17(19(21)22)18(28-12)20(26)25-16-6-4-3-5-15(16)14-9-7-13(8-10-14)11-23-27-2/h3-11,19H,1-2H3,(H,25,26)/b23-11+. The lowest BCUT2D eigenvalue weighted by Crippen LogP contribution is -2.13. The van der Waals surface area contributed by atoms with Crippen LogP contribution in [0.3, 0.4) is 0 Å². The average molecular weight is 401 g/mol. The molecule has 2 aromatic carbocycles. The summed E-state index contributed by atoms with van der Waals surface area (Å²) in [6, 6.07) is 14.7. The number of carbonyl (C=O) groups excluding carboxylic acids is 1. The number of amides is 1. The fourth-order valence-electron chi connectivity index (χ4n) is 2.64. The molecule has 144 valence electrons. The summed E-state index contributed by atoms with van der Waals surface area (Å²) in [6.45, 7) is 1.59. The second-order valence-corrected chi connectivity index (χ2v) is 6.99. The van der Waals surface area contributed by atoms with E-state index in [4.69, 9.17) is 0 Å². The van der Waals surface area contributed by atoms with E-state index in [0.29, 0.717) is 10.7 Å². The van der Waals surface area contributed by atoms with Gasteiger partial charge in [0.15, 0.2) is 0 Å². The zero-order valence-electron chi connectivity index (χ0n) is 15.1. The average Bonchev–Trinajstić information content (AvgIpc) is 3.09. The molecular weight excluding hydrogens is 384 g/mol. The number of thiazole rings is 1. The van der Waals surface area contributed by atoms with Crippen LogP contribution in [0.1, 0.15) is 32.4 Å². The third kappa shape index (κ3) is 4.40. The van der Waals surface area contributed by atoms with Crippen molar-refractivity contribution in [1.29, 1.82) is 0 Å². The Balaban J connectivity index is 1.89. The Kier molecular flexibility index (Phi) is 6.10. The summed E-state index contributed by atoms with van der Waals surface area (Å²) < 4.78 is 26.3. The summed E-state index contributed by atoms with van der Waals surface area (Å²) in [7, 11) is 1.47. The smallest absolute Gasteiger partial charge is 0.282 e. The third-order valence-electron chi connectivity index (χ3n) is 3.88. The van der Waals surface area contributed by atoms with Gasteiger partial charge in [0.2, 0.25) is 0 Å². The Labute approximate surface area is 164 Å². The molecule has 0 fully saturated rings. The molecule has 0 radical (unpaired) electrons. The molecule has 3 rings (SSSR count). The summed E-state index contributed by atoms with van der Waals surface area (Å²) in [4.78, 5) is 21.0. The van der Waals surface area contributed by atoms with Gasteiger partial charge in [0.05, 0.1) is 11.2 Å². The van der Waals surface area contributed by atoms with Gasteiger partial charge in [-0.25, -0.2) is 13.8 Å². The molecule has 0 bridgehead atoms. The number of benzene rings is 2. The number of oxime groups is 1. The van der Waals surface area contributed by atoms with E-state index in [9.17, 15) is 13.6 Å². The van der Waals surface area contributed by atoms with Crippen LogP contribution in [0.15, 0.2) is 53.7 Å². The second-order valence-electron chi connectivity index (χ2n) is 5.79. The Hall–Kier alpha value is -3.13. The number of alkyl halides is 2. The monoisotopic (exact) mass is 401 g/mol. The van der Waals surface area contributed by atoms with Gasteiger partial charge in [-0.15, -0.1) is 11.3 Å². The van der Waals surface area contributed by atoms with Crippen molar-refractivity contribution in [1.82, 2.24) is 4.98 Å². The molecule has 1 amide bonds. The highest BCUT2D eigenvalue weighted by Crippen LogP contribution is 2.31. The Morgan fingerprint density at radius 3 is 2.61 bits per heavy atom. The summed E-state index contributed by atoms with van der Waals surface area (Å²) >= 11 is 0.952. The number of rotatable bonds is 6. The predicted molar refractivity (Wildman–Crippen MR) is 106 cm³/mol. The largest absolute Gasteiger partial charge is 0.399 e. The van der Waals surface area contributed by atoms with Crippen molar-refractivity contribution < 1.29 is 18.4 Å². The maximum atomic E-state index is 13.2. The fourth-order valence-corrected chi connectivity index (χ4v) is 3.46. The molecule has 0 atom stereocenters. The first-order valence-electron chi connectivity index (χ1n) is 8.32. The lowest BCUT2D eigenvalue weighted by Gasteiger charge is -2.11. The van der Waals surface area contributed by atoms with Crippen LogP contribution < -0.4 is 5.32 Å². The van der Waals surface area contributed by atoms with Crippen molar-refractivity contribution in [2.45, 2.75) is 13.3 Å². The number of nitrogens with one attached hydrogen (secondary N) is 1. The molecule has 3 aromatic rings. The molecule has 0 aliphatic heterocycles. The van der Waals surface area contributed by atoms with Crippen molar-refractivity contribution in [2.24, 2.45) is 5.16 Å². The maximum Gasteiger partial charge on any atom is 0.282 e. The SMILES string of the molecule is CO/N=C/c1ccc(-c2ccccc2NC(=O)c2sc(C)nc2C(F)F)cc1. The van der Waals surface area contributed by atoms with Gasteiger partial charge in [0.25, 0.3) is 12.3 Å². The minimum absolute atomic E-state index is 0.0755. The summed E-state index contributed by atoms with van der Waals surface area (Å²) in [5.74, 6) is -0.600. The van der Waals surface area contributed by atoms with Crippen molar-refractivity contribution >= 4 is 29.1 Å². The van der Waals surface area contributed by atoms with E-state index in [1.54, 1.807) is 25.3 Å². The second kappa shape index (κ2) is 8.71. The number of nitrogens with zero attached hydrogens (tertiary/aromatic N) is 2. The van der Waals surface area contributed by atoms with Crippen molar-refractivity contribution in [2.75, 3.05) is 12.4 Å². The van der Waals surface area contributed by atoms with Crippen molar-refractivity contribution in [3.8, 4) is 11.1 Å². The van der Waals surface area contributed by atoms with Crippen LogP contribution in [0.25, 0.3) is 11.1 Å². The highest BCUT2D eigenvalue weighted by atomic mass is 32.1. The van der Waals surface area contributed by atoms with Crippen LogP contribution in [0, 0.1) is 6.92 Å². The van der Waals surface area contributed by atoms with E-state index in [1.165, 1.54) is 7.11 Å². The molecule has 0 saturated heterocycles. The number of aryl methyl sites for hydroxylation is 1. The molecule has 0 unspecified atom stereocenters. The van der Waals surface area contributed by atoms with Crippen LogP contribution in [0.4, 0.5) is 14.5 Å². The number of carbonyl (C=O) groups is 1. The van der Waals surface area contributed by atoms with Crippen molar-refractivity contribution in [3.63, 3.8) is 0 Å². The fraction of sp³-hybridized carbons (Fsp3) is 0.150. The quantitative estimate of drug-likeness (QED) is 0.451. The minimum Gasteiger partial charge on any atom is -0.399 e. The van der Waals surface area contributed by atoms with Crippen LogP contribution in [-0.4, -0.2) is 24.2 Å². The maximum absolute atomic E-state index is 13.2. The van der Waals surface area contributed by atoms with Gasteiger partial charge in [-0.05, 0) is 24.1 Å². The zero-order valence-corrected chi connectivity index (χ0v) is 16.0. The van der Waals surface area contributed by atoms with E-state index in [2.05, 4.69) is 20.3 Å². The van der Waals surface area contributed by atoms with Gasteiger partial charge in [0, 0.05) is 11.3 Å².